The van der Waals surface area contributed by atoms with Crippen LogP contribution < -0.4 is 11.1 Å². The van der Waals surface area contributed by atoms with Crippen LogP contribution in [0.5, 0.6) is 0 Å². The predicted molar refractivity (Wildman–Crippen MR) is 108 cm³/mol. The summed E-state index contributed by atoms with van der Waals surface area (Å²) in [5.41, 5.74) is 7.04. The minimum atomic E-state index is -1.13. The minimum absolute atomic E-state index is 0.0494. The Morgan fingerprint density at radius 2 is 2.04 bits per heavy atom. The van der Waals surface area contributed by atoms with Gasteiger partial charge in [-0.3, -0.25) is 9.59 Å². The van der Waals surface area contributed by atoms with E-state index in [-0.39, 0.29) is 17.2 Å². The maximum absolute atomic E-state index is 13.0. The van der Waals surface area contributed by atoms with Crippen LogP contribution in [0.2, 0.25) is 5.02 Å². The lowest BCUT2D eigenvalue weighted by atomic mass is 9.88. The Balaban J connectivity index is 1.72. The van der Waals surface area contributed by atoms with E-state index in [0.29, 0.717) is 31.1 Å². The largest absolute Gasteiger partial charge is 0.383 e. The lowest BCUT2D eigenvalue weighted by molar-refractivity contribution is -0.150. The number of carbonyl (C=O) groups excluding carboxylic acids is 2. The first-order chi connectivity index (χ1) is 13.1. The molecule has 2 amide bonds. The van der Waals surface area contributed by atoms with E-state index in [1.54, 1.807) is 17.0 Å². The fourth-order valence-electron chi connectivity index (χ4n) is 3.85. The van der Waals surface area contributed by atoms with Gasteiger partial charge < -0.3 is 21.1 Å². The number of hydrogen-bond donors (Lipinski definition) is 3. The van der Waals surface area contributed by atoms with Crippen LogP contribution in [0.4, 0.5) is 0 Å². The molecule has 0 aromatic heterocycles. The van der Waals surface area contributed by atoms with Crippen LogP contribution >= 0.6 is 11.6 Å². The van der Waals surface area contributed by atoms with E-state index in [4.69, 9.17) is 17.3 Å². The lowest BCUT2D eigenvalue weighted by Gasteiger charge is -2.31. The van der Waals surface area contributed by atoms with E-state index in [9.17, 15) is 14.7 Å². The SMILES string of the molecule is CC(C)(C)C(O)C(=O)N1CC2(CC2)CC1C(=O)NCc1cc(Cl)ccc1CN. The number of nitrogens with one attached hydrogen (secondary N) is 1. The third kappa shape index (κ3) is 4.34. The number of nitrogens with two attached hydrogens (primary N) is 1. The van der Waals surface area contributed by atoms with Gasteiger partial charge in [0.15, 0.2) is 0 Å². The molecule has 1 spiro atoms. The summed E-state index contributed by atoms with van der Waals surface area (Å²) in [5.74, 6) is -0.553. The average Bonchev–Trinajstić information content (AvgIpc) is 3.28. The molecule has 1 aliphatic carbocycles. The van der Waals surface area contributed by atoms with Crippen molar-refractivity contribution in [3.05, 3.63) is 34.3 Å². The summed E-state index contributed by atoms with van der Waals surface area (Å²) in [6.45, 7) is 6.67. The van der Waals surface area contributed by atoms with E-state index >= 15 is 0 Å². The van der Waals surface area contributed by atoms with Gasteiger partial charge in [0.1, 0.15) is 12.1 Å². The molecule has 7 heteroatoms. The van der Waals surface area contributed by atoms with E-state index < -0.39 is 17.6 Å². The number of aliphatic hydroxyl groups is 1. The molecule has 1 aromatic rings. The molecule has 1 saturated heterocycles. The molecule has 1 aliphatic heterocycles. The van der Waals surface area contributed by atoms with E-state index in [0.717, 1.165) is 24.0 Å². The first-order valence-electron chi connectivity index (χ1n) is 9.80. The number of rotatable bonds is 5. The van der Waals surface area contributed by atoms with Gasteiger partial charge in [-0.25, -0.2) is 0 Å². The molecule has 4 N–H and O–H groups in total. The van der Waals surface area contributed by atoms with Crippen molar-refractivity contribution < 1.29 is 14.7 Å². The Kier molecular flexibility index (Phi) is 5.76. The van der Waals surface area contributed by atoms with Gasteiger partial charge in [0, 0.05) is 24.7 Å². The molecule has 2 aliphatic rings. The highest BCUT2D eigenvalue weighted by molar-refractivity contribution is 6.30. The summed E-state index contributed by atoms with van der Waals surface area (Å²) in [6, 6.07) is 4.88. The maximum Gasteiger partial charge on any atom is 0.252 e. The normalized spacial score (nSPS) is 21.6. The Labute approximate surface area is 171 Å². The van der Waals surface area contributed by atoms with Crippen LogP contribution in [0.3, 0.4) is 0 Å². The van der Waals surface area contributed by atoms with Crippen LogP contribution in [0.1, 0.15) is 51.2 Å². The summed E-state index contributed by atoms with van der Waals surface area (Å²) in [4.78, 5) is 27.4. The van der Waals surface area contributed by atoms with Crippen molar-refractivity contribution in [2.75, 3.05) is 6.54 Å². The highest BCUT2D eigenvalue weighted by atomic mass is 35.5. The van der Waals surface area contributed by atoms with Crippen molar-refractivity contribution in [1.29, 1.82) is 0 Å². The van der Waals surface area contributed by atoms with Crippen molar-refractivity contribution in [2.45, 2.75) is 65.3 Å². The van der Waals surface area contributed by atoms with Crippen LogP contribution in [0.15, 0.2) is 18.2 Å². The van der Waals surface area contributed by atoms with Crippen molar-refractivity contribution >= 4 is 23.4 Å². The molecule has 2 fully saturated rings. The number of nitrogens with zero attached hydrogens (tertiary/aromatic N) is 1. The summed E-state index contributed by atoms with van der Waals surface area (Å²) >= 11 is 6.07. The number of likely N-dealkylation sites (tertiary alicyclic amines) is 1. The fourth-order valence-corrected chi connectivity index (χ4v) is 4.04. The van der Waals surface area contributed by atoms with E-state index in [2.05, 4.69) is 5.32 Å². The molecular weight excluding hydrogens is 378 g/mol. The van der Waals surface area contributed by atoms with Gasteiger partial charge in [-0.15, -0.1) is 0 Å². The third-order valence-corrected chi connectivity index (χ3v) is 6.18. The highest BCUT2D eigenvalue weighted by Crippen LogP contribution is 2.55. The zero-order valence-corrected chi connectivity index (χ0v) is 17.6. The second-order valence-electron chi connectivity index (χ2n) is 9.29. The van der Waals surface area contributed by atoms with Crippen molar-refractivity contribution in [2.24, 2.45) is 16.6 Å². The zero-order valence-electron chi connectivity index (χ0n) is 16.8. The van der Waals surface area contributed by atoms with Crippen LogP contribution in [-0.2, 0) is 22.7 Å². The van der Waals surface area contributed by atoms with Gasteiger partial charge in [0.25, 0.3) is 5.91 Å². The van der Waals surface area contributed by atoms with Crippen LogP contribution in [0, 0.1) is 10.8 Å². The minimum Gasteiger partial charge on any atom is -0.383 e. The van der Waals surface area contributed by atoms with E-state index in [1.165, 1.54) is 0 Å². The second kappa shape index (κ2) is 7.65. The van der Waals surface area contributed by atoms with Gasteiger partial charge >= 0.3 is 0 Å². The van der Waals surface area contributed by atoms with Gasteiger partial charge in [0.2, 0.25) is 5.91 Å². The number of halogens is 1. The molecule has 1 heterocycles. The smallest absolute Gasteiger partial charge is 0.252 e. The Bertz CT molecular complexity index is 771. The van der Waals surface area contributed by atoms with E-state index in [1.807, 2.05) is 26.8 Å². The number of benzene rings is 1. The standard InChI is InChI=1S/C21H30ClN3O3/c1-20(2,3)17(26)19(28)25-12-21(6-7-21)9-16(25)18(27)24-11-14-8-15(22)5-4-13(14)10-23/h4-5,8,16-17,26H,6-7,9-12,23H2,1-3H3,(H,24,27). The number of hydrogen-bond acceptors (Lipinski definition) is 4. The molecule has 6 nitrogen and oxygen atoms in total. The first kappa shape index (κ1) is 21.1. The molecule has 154 valence electrons. The summed E-state index contributed by atoms with van der Waals surface area (Å²) < 4.78 is 0. The zero-order chi connectivity index (χ0) is 20.7. The molecule has 1 saturated carbocycles. The molecule has 28 heavy (non-hydrogen) atoms. The topological polar surface area (TPSA) is 95.7 Å². The summed E-state index contributed by atoms with van der Waals surface area (Å²) in [5, 5.41) is 14.0. The maximum atomic E-state index is 13.0. The molecule has 2 atom stereocenters. The summed E-state index contributed by atoms with van der Waals surface area (Å²) in [6.07, 6.45) is 1.57. The Morgan fingerprint density at radius 1 is 1.36 bits per heavy atom. The van der Waals surface area contributed by atoms with Gasteiger partial charge in [-0.05, 0) is 53.4 Å². The van der Waals surface area contributed by atoms with Gasteiger partial charge in [-0.2, -0.15) is 0 Å². The predicted octanol–water partition coefficient (Wildman–Crippen LogP) is 2.20. The van der Waals surface area contributed by atoms with Crippen molar-refractivity contribution in [3.8, 4) is 0 Å². The summed E-state index contributed by atoms with van der Waals surface area (Å²) in [7, 11) is 0. The quantitative estimate of drug-likeness (QED) is 0.697. The number of carbonyl (C=O) groups is 2. The van der Waals surface area contributed by atoms with Crippen LogP contribution in [0.25, 0.3) is 0 Å². The van der Waals surface area contributed by atoms with Crippen molar-refractivity contribution in [3.63, 3.8) is 0 Å². The average molecular weight is 408 g/mol. The van der Waals surface area contributed by atoms with Gasteiger partial charge in [-0.1, -0.05) is 38.4 Å². The first-order valence-corrected chi connectivity index (χ1v) is 10.2. The molecule has 0 bridgehead atoms. The Morgan fingerprint density at radius 3 is 2.61 bits per heavy atom. The molecule has 0 radical (unpaired) electrons. The Hall–Kier alpha value is -1.63. The molecule has 1 aromatic carbocycles. The highest BCUT2D eigenvalue weighted by Gasteiger charge is 2.56. The van der Waals surface area contributed by atoms with Crippen molar-refractivity contribution in [1.82, 2.24) is 10.2 Å². The molecule has 2 unspecified atom stereocenters. The third-order valence-electron chi connectivity index (χ3n) is 5.95. The van der Waals surface area contributed by atoms with Crippen LogP contribution in [-0.4, -0.2) is 40.5 Å². The fraction of sp³-hybridized carbons (Fsp3) is 0.619. The molecule has 3 rings (SSSR count). The number of aliphatic hydroxyl groups excluding tert-OH is 1. The molecular formula is C21H30ClN3O3. The number of amides is 2. The van der Waals surface area contributed by atoms with Gasteiger partial charge in [0.05, 0.1) is 0 Å². The monoisotopic (exact) mass is 407 g/mol. The lowest BCUT2D eigenvalue weighted by Crippen LogP contribution is -2.51. The second-order valence-corrected chi connectivity index (χ2v) is 9.73.